The molecule has 0 fully saturated rings. The molecule has 240 valence electrons. The van der Waals surface area contributed by atoms with E-state index in [-0.39, 0.29) is 0 Å². The van der Waals surface area contributed by atoms with Crippen LogP contribution in [0.2, 0.25) is 0 Å². The van der Waals surface area contributed by atoms with E-state index >= 15 is 0 Å². The molecule has 51 heavy (non-hydrogen) atoms. The number of benzene rings is 8. The van der Waals surface area contributed by atoms with Gasteiger partial charge in [-0.25, -0.2) is 0 Å². The van der Waals surface area contributed by atoms with Crippen molar-refractivity contribution in [1.29, 1.82) is 0 Å². The summed E-state index contributed by atoms with van der Waals surface area (Å²) in [5, 5.41) is 5.32. The molecule has 0 radical (unpaired) electrons. The summed E-state index contributed by atoms with van der Waals surface area (Å²) in [7, 11) is 0. The Morgan fingerprint density at radius 2 is 0.824 bits per heavy atom. The van der Waals surface area contributed by atoms with Gasteiger partial charge in [0.15, 0.2) is 0 Å². The van der Waals surface area contributed by atoms with E-state index in [0.29, 0.717) is 14.5 Å². The average molecular weight is 716 g/mol. The van der Waals surface area contributed by atoms with Crippen molar-refractivity contribution in [3.8, 4) is 27.9 Å². The van der Waals surface area contributed by atoms with Gasteiger partial charge in [0.1, 0.15) is 0 Å². The van der Waals surface area contributed by atoms with Crippen molar-refractivity contribution in [2.45, 2.75) is 0 Å². The van der Waals surface area contributed by atoms with Crippen LogP contribution >= 0.6 is 0 Å². The molecular formula is C48H32N2Se. The van der Waals surface area contributed by atoms with Crippen LogP contribution in [0.15, 0.2) is 194 Å². The van der Waals surface area contributed by atoms with Crippen molar-refractivity contribution in [2.24, 2.45) is 0 Å². The fourth-order valence-electron chi connectivity index (χ4n) is 7.54. The summed E-state index contributed by atoms with van der Waals surface area (Å²) in [5.41, 5.74) is 11.9. The molecule has 0 spiro atoms. The number of aromatic nitrogens is 1. The van der Waals surface area contributed by atoms with Crippen molar-refractivity contribution in [3.63, 3.8) is 0 Å². The van der Waals surface area contributed by atoms with Gasteiger partial charge in [0, 0.05) is 16.5 Å². The topological polar surface area (TPSA) is 8.17 Å². The molecule has 0 saturated heterocycles. The Morgan fingerprint density at radius 1 is 0.333 bits per heavy atom. The van der Waals surface area contributed by atoms with Crippen LogP contribution in [0.3, 0.4) is 0 Å². The Morgan fingerprint density at radius 3 is 1.53 bits per heavy atom. The van der Waals surface area contributed by atoms with Crippen molar-refractivity contribution in [2.75, 3.05) is 4.90 Å². The predicted molar refractivity (Wildman–Crippen MR) is 218 cm³/mol. The van der Waals surface area contributed by atoms with Gasteiger partial charge in [-0.15, -0.1) is 0 Å². The zero-order chi connectivity index (χ0) is 33.7. The summed E-state index contributed by atoms with van der Waals surface area (Å²) < 4.78 is 5.33. The van der Waals surface area contributed by atoms with Crippen LogP contribution < -0.4 is 4.90 Å². The fraction of sp³-hybridized carbons (Fsp3) is 0. The Kier molecular flexibility index (Phi) is 7.20. The molecule has 0 aliphatic carbocycles. The monoisotopic (exact) mass is 716 g/mol. The summed E-state index contributed by atoms with van der Waals surface area (Å²) in [4.78, 5) is 2.34. The van der Waals surface area contributed by atoms with E-state index in [1.807, 2.05) is 0 Å². The Labute approximate surface area is 302 Å². The molecule has 0 N–H and O–H groups in total. The molecule has 2 aromatic heterocycles. The standard InChI is InChI=1S/C48H32N2Se/c1-3-11-37(12-4-1)49(40-27-21-34(22-28-40)36-24-30-44-43-16-8-10-18-47(43)51-48(44)32-36)39-25-19-33(20-26-39)35-23-29-42-41-15-7-9-17-45(41)50(46(42)31-35)38-13-5-2-6-14-38/h1-32H. The molecule has 0 bridgehead atoms. The summed E-state index contributed by atoms with van der Waals surface area (Å²) in [6.45, 7) is 0. The Hall–Kier alpha value is -6.12. The minimum absolute atomic E-state index is 0.351. The first-order valence-electron chi connectivity index (χ1n) is 17.3. The van der Waals surface area contributed by atoms with Crippen LogP contribution in [0.5, 0.6) is 0 Å². The second-order valence-electron chi connectivity index (χ2n) is 13.0. The molecule has 10 rings (SSSR count). The van der Waals surface area contributed by atoms with Crippen LogP contribution in [0, 0.1) is 0 Å². The van der Waals surface area contributed by atoms with E-state index in [0.717, 1.165) is 17.1 Å². The first-order chi connectivity index (χ1) is 25.3. The summed E-state index contributed by atoms with van der Waals surface area (Å²) in [5.74, 6) is 0. The number of nitrogens with zero attached hydrogens (tertiary/aromatic N) is 2. The number of fused-ring (bicyclic) bond motifs is 6. The van der Waals surface area contributed by atoms with Crippen molar-refractivity contribution >= 4 is 72.7 Å². The Bertz CT molecular complexity index is 2830. The molecule has 0 saturated carbocycles. The predicted octanol–water partition coefficient (Wildman–Crippen LogP) is 13.0. The van der Waals surface area contributed by atoms with Crippen LogP contribution in [0.1, 0.15) is 0 Å². The van der Waals surface area contributed by atoms with E-state index in [4.69, 9.17) is 0 Å². The van der Waals surface area contributed by atoms with Gasteiger partial charge in [0.2, 0.25) is 0 Å². The summed E-state index contributed by atoms with van der Waals surface area (Å²) >= 11 is 0.351. The van der Waals surface area contributed by atoms with Gasteiger partial charge in [-0.05, 0) is 29.8 Å². The van der Waals surface area contributed by atoms with Gasteiger partial charge in [-0.2, -0.15) is 0 Å². The van der Waals surface area contributed by atoms with Gasteiger partial charge >= 0.3 is 194 Å². The average Bonchev–Trinajstić information content (AvgIpc) is 3.74. The number of anilines is 3. The zero-order valence-electron chi connectivity index (χ0n) is 27.8. The first kappa shape index (κ1) is 29.8. The maximum atomic E-state index is 2.40. The number of rotatable bonds is 6. The molecule has 0 atom stereocenters. The first-order valence-corrected chi connectivity index (χ1v) is 19.1. The quantitative estimate of drug-likeness (QED) is 0.156. The number of hydrogen-bond donors (Lipinski definition) is 0. The molecule has 0 aliphatic heterocycles. The van der Waals surface area contributed by atoms with Crippen LogP contribution in [-0.4, -0.2) is 19.1 Å². The van der Waals surface area contributed by atoms with Gasteiger partial charge in [0.25, 0.3) is 0 Å². The Balaban J connectivity index is 1.01. The van der Waals surface area contributed by atoms with Crippen LogP contribution in [0.4, 0.5) is 17.1 Å². The van der Waals surface area contributed by atoms with Crippen LogP contribution in [0.25, 0.3) is 69.0 Å². The van der Waals surface area contributed by atoms with Gasteiger partial charge in [-0.1, -0.05) is 48.5 Å². The van der Waals surface area contributed by atoms with Crippen LogP contribution in [-0.2, 0) is 0 Å². The normalized spacial score (nSPS) is 11.5. The van der Waals surface area contributed by atoms with Gasteiger partial charge in [-0.3, -0.25) is 0 Å². The van der Waals surface area contributed by atoms with Crippen molar-refractivity contribution in [1.82, 2.24) is 4.57 Å². The number of hydrogen-bond acceptors (Lipinski definition) is 1. The molecule has 2 nitrogen and oxygen atoms in total. The maximum absolute atomic E-state index is 2.40. The van der Waals surface area contributed by atoms with Crippen molar-refractivity contribution in [3.05, 3.63) is 194 Å². The van der Waals surface area contributed by atoms with Gasteiger partial charge < -0.3 is 4.57 Å². The third-order valence-electron chi connectivity index (χ3n) is 10.00. The summed E-state index contributed by atoms with van der Waals surface area (Å²) in [6.07, 6.45) is 0. The second-order valence-corrected chi connectivity index (χ2v) is 15.3. The van der Waals surface area contributed by atoms with E-state index < -0.39 is 0 Å². The SMILES string of the molecule is c1ccc(N(c2ccc(-c3ccc4c(c3)[se]c3ccccc34)cc2)c2ccc(-c3ccc4c5ccccc5n(-c5ccccc5)c4c3)cc2)cc1. The third kappa shape index (κ3) is 5.18. The fourth-order valence-corrected chi connectivity index (χ4v) is 9.94. The van der Waals surface area contributed by atoms with E-state index in [1.165, 1.54) is 69.0 Å². The van der Waals surface area contributed by atoms with E-state index in [9.17, 15) is 0 Å². The molecule has 0 unspecified atom stereocenters. The molecular weight excluding hydrogens is 684 g/mol. The molecule has 0 aliphatic rings. The van der Waals surface area contributed by atoms with E-state index in [1.54, 1.807) is 0 Å². The molecule has 10 aromatic rings. The molecule has 2 heterocycles. The molecule has 0 amide bonds. The summed E-state index contributed by atoms with van der Waals surface area (Å²) in [6, 6.07) is 70.7. The second kappa shape index (κ2) is 12.3. The van der Waals surface area contributed by atoms with E-state index in [2.05, 4.69) is 204 Å². The molecule has 8 aromatic carbocycles. The minimum atomic E-state index is 0.351. The third-order valence-corrected chi connectivity index (χ3v) is 12.4. The molecule has 3 heteroatoms. The number of para-hydroxylation sites is 3. The van der Waals surface area contributed by atoms with Gasteiger partial charge in [0.05, 0.1) is 11.0 Å². The van der Waals surface area contributed by atoms with Crippen molar-refractivity contribution < 1.29 is 0 Å². The zero-order valence-corrected chi connectivity index (χ0v) is 29.5.